The van der Waals surface area contributed by atoms with Crippen molar-refractivity contribution in [2.45, 2.75) is 6.92 Å². The van der Waals surface area contributed by atoms with Gasteiger partial charge >= 0.3 is 0 Å². The van der Waals surface area contributed by atoms with E-state index >= 15 is 0 Å². The topological polar surface area (TPSA) is 12.9 Å². The zero-order valence-electron chi connectivity index (χ0n) is 13.0. The fourth-order valence-electron chi connectivity index (χ4n) is 2.95. The van der Waals surface area contributed by atoms with Crippen LogP contribution < -0.4 is 0 Å². The maximum absolute atomic E-state index is 4.27. The van der Waals surface area contributed by atoms with Crippen molar-refractivity contribution < 1.29 is 0 Å². The molecule has 0 amide bonds. The predicted molar refractivity (Wildman–Crippen MR) is 97.4 cm³/mol. The molecule has 4 rings (SSSR count). The zero-order valence-corrected chi connectivity index (χ0v) is 13.0. The third kappa shape index (κ3) is 2.62. The molecule has 0 aliphatic carbocycles. The molecule has 0 bridgehead atoms. The summed E-state index contributed by atoms with van der Waals surface area (Å²) in [6.07, 6.45) is 3.78. The molecule has 0 unspecified atom stereocenters. The third-order valence-electron chi connectivity index (χ3n) is 4.26. The standard InChI is InChI=1S/C22H17N/c1-16-5-7-17(8-6-16)18-9-11-20(12-10-18)21-4-2-3-19-13-14-23-15-22(19)21/h2-15H,1H3. The summed E-state index contributed by atoms with van der Waals surface area (Å²) in [7, 11) is 0. The summed E-state index contributed by atoms with van der Waals surface area (Å²) >= 11 is 0. The Morgan fingerprint density at radius 2 is 1.30 bits per heavy atom. The Morgan fingerprint density at radius 3 is 2.04 bits per heavy atom. The van der Waals surface area contributed by atoms with Gasteiger partial charge in [-0.3, -0.25) is 4.98 Å². The smallest absolute Gasteiger partial charge is 0.0352 e. The van der Waals surface area contributed by atoms with E-state index < -0.39 is 0 Å². The van der Waals surface area contributed by atoms with Crippen molar-refractivity contribution >= 4 is 10.8 Å². The van der Waals surface area contributed by atoms with E-state index in [2.05, 4.69) is 84.7 Å². The van der Waals surface area contributed by atoms with Gasteiger partial charge in [-0.1, -0.05) is 72.3 Å². The maximum Gasteiger partial charge on any atom is 0.0352 e. The molecule has 0 saturated carbocycles. The highest BCUT2D eigenvalue weighted by Gasteiger charge is 2.04. The number of aryl methyl sites for hydroxylation is 1. The van der Waals surface area contributed by atoms with E-state index in [-0.39, 0.29) is 0 Å². The van der Waals surface area contributed by atoms with Gasteiger partial charge in [0.1, 0.15) is 0 Å². The van der Waals surface area contributed by atoms with E-state index in [1.54, 1.807) is 0 Å². The van der Waals surface area contributed by atoms with Gasteiger partial charge in [-0.15, -0.1) is 0 Å². The number of nitrogens with zero attached hydrogens (tertiary/aromatic N) is 1. The number of fused-ring (bicyclic) bond motifs is 1. The van der Waals surface area contributed by atoms with E-state index in [1.807, 2.05) is 12.4 Å². The molecular formula is C22H17N. The molecule has 110 valence electrons. The molecule has 1 heterocycles. The fourth-order valence-corrected chi connectivity index (χ4v) is 2.95. The molecule has 23 heavy (non-hydrogen) atoms. The van der Waals surface area contributed by atoms with Crippen molar-refractivity contribution in [1.29, 1.82) is 0 Å². The van der Waals surface area contributed by atoms with Gasteiger partial charge in [0.25, 0.3) is 0 Å². The first kappa shape index (κ1) is 13.7. The second-order valence-corrected chi connectivity index (χ2v) is 5.85. The lowest BCUT2D eigenvalue weighted by atomic mass is 9.97. The van der Waals surface area contributed by atoms with E-state index in [9.17, 15) is 0 Å². The third-order valence-corrected chi connectivity index (χ3v) is 4.26. The van der Waals surface area contributed by atoms with Crippen LogP contribution in [0.1, 0.15) is 5.56 Å². The van der Waals surface area contributed by atoms with Gasteiger partial charge in [0.05, 0.1) is 0 Å². The van der Waals surface area contributed by atoms with Gasteiger partial charge in [-0.25, -0.2) is 0 Å². The van der Waals surface area contributed by atoms with Crippen molar-refractivity contribution in [3.8, 4) is 22.3 Å². The lowest BCUT2D eigenvalue weighted by Gasteiger charge is -2.08. The van der Waals surface area contributed by atoms with Gasteiger partial charge in [0.15, 0.2) is 0 Å². The summed E-state index contributed by atoms with van der Waals surface area (Å²) in [5.74, 6) is 0. The Labute approximate surface area is 136 Å². The summed E-state index contributed by atoms with van der Waals surface area (Å²) in [4.78, 5) is 4.27. The molecule has 4 aromatic rings. The first-order chi connectivity index (χ1) is 11.3. The van der Waals surface area contributed by atoms with Gasteiger partial charge in [0.2, 0.25) is 0 Å². The number of hydrogen-bond donors (Lipinski definition) is 0. The van der Waals surface area contributed by atoms with Crippen LogP contribution in [0.5, 0.6) is 0 Å². The summed E-state index contributed by atoms with van der Waals surface area (Å²) in [5, 5.41) is 2.41. The number of hydrogen-bond acceptors (Lipinski definition) is 1. The minimum atomic E-state index is 1.19. The Balaban J connectivity index is 1.77. The van der Waals surface area contributed by atoms with Gasteiger partial charge < -0.3 is 0 Å². The number of benzene rings is 3. The first-order valence-electron chi connectivity index (χ1n) is 7.81. The summed E-state index contributed by atoms with van der Waals surface area (Å²) < 4.78 is 0. The number of pyridine rings is 1. The molecule has 0 aliphatic heterocycles. The second-order valence-electron chi connectivity index (χ2n) is 5.85. The molecule has 0 spiro atoms. The summed E-state index contributed by atoms with van der Waals surface area (Å²) in [5.41, 5.74) is 6.23. The van der Waals surface area contributed by atoms with Crippen LogP contribution in [0.3, 0.4) is 0 Å². The normalized spacial score (nSPS) is 10.8. The van der Waals surface area contributed by atoms with Crippen molar-refractivity contribution in [2.24, 2.45) is 0 Å². The first-order valence-corrected chi connectivity index (χ1v) is 7.81. The summed E-state index contributed by atoms with van der Waals surface area (Å²) in [6, 6.07) is 25.9. The highest BCUT2D eigenvalue weighted by Crippen LogP contribution is 2.30. The Morgan fingerprint density at radius 1 is 0.652 bits per heavy atom. The molecule has 1 heteroatoms. The van der Waals surface area contributed by atoms with Crippen molar-refractivity contribution in [1.82, 2.24) is 4.98 Å². The van der Waals surface area contributed by atoms with Gasteiger partial charge in [-0.05, 0) is 40.6 Å². The molecule has 1 aromatic heterocycles. The Bertz CT molecular complexity index is 946. The highest BCUT2D eigenvalue weighted by molar-refractivity contribution is 5.96. The lowest BCUT2D eigenvalue weighted by molar-refractivity contribution is 1.36. The van der Waals surface area contributed by atoms with E-state index in [1.165, 1.54) is 38.6 Å². The number of rotatable bonds is 2. The van der Waals surface area contributed by atoms with Crippen LogP contribution in [0.15, 0.2) is 85.2 Å². The molecule has 0 radical (unpaired) electrons. The molecule has 0 fully saturated rings. The van der Waals surface area contributed by atoms with Crippen LogP contribution in [0.25, 0.3) is 33.0 Å². The molecule has 0 saturated heterocycles. The largest absolute Gasteiger partial charge is 0.264 e. The Hall–Kier alpha value is -2.93. The SMILES string of the molecule is Cc1ccc(-c2ccc(-c3cccc4ccncc34)cc2)cc1. The van der Waals surface area contributed by atoms with Gasteiger partial charge in [0, 0.05) is 17.8 Å². The Kier molecular flexibility index (Phi) is 3.39. The van der Waals surface area contributed by atoms with Crippen LogP contribution >= 0.6 is 0 Å². The second kappa shape index (κ2) is 5.69. The van der Waals surface area contributed by atoms with E-state index in [0.717, 1.165) is 0 Å². The van der Waals surface area contributed by atoms with Crippen LogP contribution in [-0.2, 0) is 0 Å². The van der Waals surface area contributed by atoms with Crippen molar-refractivity contribution in [3.05, 3.63) is 90.8 Å². The van der Waals surface area contributed by atoms with Crippen molar-refractivity contribution in [2.75, 3.05) is 0 Å². The van der Waals surface area contributed by atoms with Gasteiger partial charge in [-0.2, -0.15) is 0 Å². The fraction of sp³-hybridized carbons (Fsp3) is 0.0455. The van der Waals surface area contributed by atoms with E-state index in [4.69, 9.17) is 0 Å². The highest BCUT2D eigenvalue weighted by atomic mass is 14.6. The minimum Gasteiger partial charge on any atom is -0.264 e. The van der Waals surface area contributed by atoms with Crippen LogP contribution in [0.4, 0.5) is 0 Å². The molecule has 0 N–H and O–H groups in total. The van der Waals surface area contributed by atoms with Crippen LogP contribution in [0.2, 0.25) is 0 Å². The van der Waals surface area contributed by atoms with E-state index in [0.29, 0.717) is 0 Å². The molecule has 1 nitrogen and oxygen atoms in total. The van der Waals surface area contributed by atoms with Crippen LogP contribution in [0, 0.1) is 6.92 Å². The predicted octanol–water partition coefficient (Wildman–Crippen LogP) is 5.88. The monoisotopic (exact) mass is 295 g/mol. The molecule has 0 aliphatic rings. The molecule has 3 aromatic carbocycles. The number of aromatic nitrogens is 1. The quantitative estimate of drug-likeness (QED) is 0.450. The minimum absolute atomic E-state index is 1.19. The summed E-state index contributed by atoms with van der Waals surface area (Å²) in [6.45, 7) is 2.11. The average molecular weight is 295 g/mol. The lowest BCUT2D eigenvalue weighted by Crippen LogP contribution is -1.84. The maximum atomic E-state index is 4.27. The molecule has 0 atom stereocenters. The zero-order chi connectivity index (χ0) is 15.6. The van der Waals surface area contributed by atoms with Crippen molar-refractivity contribution in [3.63, 3.8) is 0 Å². The average Bonchev–Trinajstić information content (AvgIpc) is 2.62. The molecular weight excluding hydrogens is 278 g/mol. The van der Waals surface area contributed by atoms with Crippen LogP contribution in [-0.4, -0.2) is 4.98 Å².